The first-order chi connectivity index (χ1) is 20.5. The second kappa shape index (κ2) is 12.9. The molecule has 0 fully saturated rings. The van der Waals surface area contributed by atoms with Crippen LogP contribution in [0.15, 0.2) is 53.7 Å². The Morgan fingerprint density at radius 3 is 2.53 bits per heavy atom. The van der Waals surface area contributed by atoms with Crippen LogP contribution in [0.5, 0.6) is 11.5 Å². The van der Waals surface area contributed by atoms with Gasteiger partial charge in [-0.1, -0.05) is 0 Å². The summed E-state index contributed by atoms with van der Waals surface area (Å²) < 4.78 is 37.0. The number of hydrogen-bond donors (Lipinski definition) is 0. The van der Waals surface area contributed by atoms with E-state index in [0.29, 0.717) is 52.2 Å². The first kappa shape index (κ1) is 30.7. The molecule has 5 rings (SSSR count). The number of imidazole rings is 1. The molecule has 14 heteroatoms. The van der Waals surface area contributed by atoms with Gasteiger partial charge in [-0.05, 0) is 46.8 Å². The van der Waals surface area contributed by atoms with E-state index in [-0.39, 0.29) is 18.0 Å². The molecule has 0 aliphatic heterocycles. The largest absolute Gasteiger partial charge is 0.497 e. The lowest BCUT2D eigenvalue weighted by molar-refractivity contribution is 0.0875. The van der Waals surface area contributed by atoms with Crippen LogP contribution in [-0.2, 0) is 25.1 Å². The van der Waals surface area contributed by atoms with E-state index >= 15 is 4.39 Å². The van der Waals surface area contributed by atoms with Crippen LogP contribution < -0.4 is 14.4 Å². The second-order valence-corrected chi connectivity index (χ2v) is 16.1. The van der Waals surface area contributed by atoms with Gasteiger partial charge in [0.25, 0.3) is 0 Å². The van der Waals surface area contributed by atoms with E-state index in [1.807, 2.05) is 24.0 Å². The lowest BCUT2D eigenvalue weighted by Gasteiger charge is -2.26. The fourth-order valence-electron chi connectivity index (χ4n) is 4.31. The lowest BCUT2D eigenvalue weighted by atomic mass is 10.2. The van der Waals surface area contributed by atoms with Crippen LogP contribution in [0, 0.1) is 5.82 Å². The average molecular weight is 674 g/mol. The number of methoxy groups -OCH3 is 2. The summed E-state index contributed by atoms with van der Waals surface area (Å²) in [6.07, 6.45) is 13.9. The Kier molecular flexibility index (Phi) is 9.18. The predicted molar refractivity (Wildman–Crippen MR) is 171 cm³/mol. The first-order valence-corrected chi connectivity index (χ1v) is 17.1. The summed E-state index contributed by atoms with van der Waals surface area (Å²) in [4.78, 5) is 20.5. The standard InChI is InChI=1S/C29H34BrFN8O3S/c1-37-15-19(13-33-37)22-14-32-21-7-8-26(36-29(21)34-22)39(23-11-20(40-2)12-24(41-3)28(23)31)17-27-35-25(30)16-38(27)18-42-9-10-43(4,5)6/h7-8,11-16H,9-10,17-18H2,1-6H3. The molecule has 5 aromatic rings. The van der Waals surface area contributed by atoms with Gasteiger partial charge < -0.3 is 23.7 Å². The van der Waals surface area contributed by atoms with Crippen molar-refractivity contribution in [1.29, 1.82) is 0 Å². The van der Waals surface area contributed by atoms with Gasteiger partial charge in [0.15, 0.2) is 17.2 Å². The summed E-state index contributed by atoms with van der Waals surface area (Å²) in [6, 6.07) is 6.68. The van der Waals surface area contributed by atoms with Crippen molar-refractivity contribution in [2.24, 2.45) is 7.05 Å². The smallest absolute Gasteiger partial charge is 0.188 e. The molecule has 11 nitrogen and oxygen atoms in total. The third-order valence-electron chi connectivity index (χ3n) is 6.61. The monoisotopic (exact) mass is 672 g/mol. The van der Waals surface area contributed by atoms with E-state index < -0.39 is 15.8 Å². The van der Waals surface area contributed by atoms with E-state index in [9.17, 15) is 0 Å². The van der Waals surface area contributed by atoms with Gasteiger partial charge in [-0.2, -0.15) is 5.10 Å². The number of aromatic nitrogens is 7. The Morgan fingerprint density at radius 1 is 1.02 bits per heavy atom. The minimum absolute atomic E-state index is 0.0383. The van der Waals surface area contributed by atoms with Crippen LogP contribution in [0.4, 0.5) is 15.9 Å². The van der Waals surface area contributed by atoms with Gasteiger partial charge in [-0.25, -0.2) is 29.4 Å². The van der Waals surface area contributed by atoms with Crippen LogP contribution in [0.2, 0.25) is 0 Å². The molecule has 0 N–H and O–H groups in total. The molecule has 4 heterocycles. The number of rotatable bonds is 12. The van der Waals surface area contributed by atoms with Crippen LogP contribution in [0.1, 0.15) is 5.82 Å². The highest BCUT2D eigenvalue weighted by Gasteiger charge is 2.24. The molecule has 0 atom stereocenters. The maximum absolute atomic E-state index is 15.9. The van der Waals surface area contributed by atoms with Crippen LogP contribution >= 0.6 is 26.0 Å². The fraction of sp³-hybridized carbons (Fsp3) is 0.345. The molecule has 43 heavy (non-hydrogen) atoms. The van der Waals surface area contributed by atoms with Gasteiger partial charge in [-0.15, -0.1) is 0 Å². The Bertz CT molecular complexity index is 1740. The van der Waals surface area contributed by atoms with Crippen molar-refractivity contribution in [1.82, 2.24) is 34.3 Å². The molecular weight excluding hydrogens is 639 g/mol. The van der Waals surface area contributed by atoms with Crippen molar-refractivity contribution in [3.63, 3.8) is 0 Å². The minimum atomic E-state index is -0.687. The molecule has 0 bridgehead atoms. The molecule has 0 aliphatic carbocycles. The number of benzene rings is 1. The van der Waals surface area contributed by atoms with Crippen LogP contribution in [-0.4, -0.2) is 79.6 Å². The highest BCUT2D eigenvalue weighted by atomic mass is 79.9. The number of fused-ring (bicyclic) bond motifs is 1. The summed E-state index contributed by atoms with van der Waals surface area (Å²) >= 11 is 3.49. The summed E-state index contributed by atoms with van der Waals surface area (Å²) in [5.41, 5.74) is 2.63. The van der Waals surface area contributed by atoms with Gasteiger partial charge in [-0.3, -0.25) is 9.67 Å². The van der Waals surface area contributed by atoms with E-state index in [0.717, 1.165) is 11.3 Å². The first-order valence-electron chi connectivity index (χ1n) is 13.3. The molecule has 4 aromatic heterocycles. The topological polar surface area (TPSA) is 105 Å². The average Bonchev–Trinajstić information content (AvgIpc) is 3.57. The summed E-state index contributed by atoms with van der Waals surface area (Å²) in [5, 5.41) is 4.23. The van der Waals surface area contributed by atoms with Crippen molar-refractivity contribution >= 4 is 48.6 Å². The summed E-state index contributed by atoms with van der Waals surface area (Å²) in [6.45, 7) is 1.08. The Balaban J connectivity index is 1.57. The SMILES string of the molecule is COc1cc(OC)c(F)c(N(Cc2nc(Br)cn2COCCS(C)(C)C)c2ccc3ncc(-c4cnn(C)c4)nc3n2)c1. The highest BCUT2D eigenvalue weighted by Crippen LogP contribution is 2.38. The van der Waals surface area contributed by atoms with Gasteiger partial charge >= 0.3 is 0 Å². The molecule has 0 saturated heterocycles. The maximum Gasteiger partial charge on any atom is 0.188 e. The van der Waals surface area contributed by atoms with Crippen molar-refractivity contribution in [2.45, 2.75) is 13.3 Å². The molecule has 0 radical (unpaired) electrons. The van der Waals surface area contributed by atoms with E-state index in [1.165, 1.54) is 20.3 Å². The third-order valence-corrected chi connectivity index (χ3v) is 8.38. The number of halogens is 2. The molecule has 0 spiro atoms. The normalized spacial score (nSPS) is 12.1. The second-order valence-electron chi connectivity index (χ2n) is 10.7. The maximum atomic E-state index is 15.9. The van der Waals surface area contributed by atoms with Gasteiger partial charge in [0.2, 0.25) is 0 Å². The summed E-state index contributed by atoms with van der Waals surface area (Å²) in [7, 11) is 4.08. The fourth-order valence-corrected chi connectivity index (χ4v) is 5.38. The highest BCUT2D eigenvalue weighted by molar-refractivity contribution is 9.10. The zero-order chi connectivity index (χ0) is 30.7. The molecule has 1 aromatic carbocycles. The van der Waals surface area contributed by atoms with E-state index in [4.69, 9.17) is 24.2 Å². The Morgan fingerprint density at radius 2 is 1.84 bits per heavy atom. The Labute approximate surface area is 259 Å². The van der Waals surface area contributed by atoms with Gasteiger partial charge in [0.05, 0.1) is 51.1 Å². The number of pyridine rings is 1. The molecular formula is C29H34BrFN8O3S. The van der Waals surface area contributed by atoms with E-state index in [2.05, 4.69) is 49.8 Å². The van der Waals surface area contributed by atoms with Crippen LogP contribution in [0.25, 0.3) is 22.4 Å². The number of ether oxygens (including phenoxy) is 3. The van der Waals surface area contributed by atoms with E-state index in [1.54, 1.807) is 40.2 Å². The quantitative estimate of drug-likeness (QED) is 0.158. The molecule has 0 unspecified atom stereocenters. The Hall–Kier alpha value is -3.75. The van der Waals surface area contributed by atoms with Crippen molar-refractivity contribution in [3.05, 3.63) is 65.3 Å². The lowest BCUT2D eigenvalue weighted by Crippen LogP contribution is -2.23. The molecule has 0 aliphatic rings. The molecule has 228 valence electrons. The minimum Gasteiger partial charge on any atom is -0.497 e. The van der Waals surface area contributed by atoms with Gasteiger partial charge in [0, 0.05) is 42.9 Å². The number of aryl methyl sites for hydroxylation is 1. The zero-order valence-corrected chi connectivity index (χ0v) is 27.3. The molecule has 0 saturated carbocycles. The number of anilines is 2. The zero-order valence-electron chi connectivity index (χ0n) is 24.9. The predicted octanol–water partition coefficient (Wildman–Crippen LogP) is 5.55. The van der Waals surface area contributed by atoms with Crippen LogP contribution in [0.3, 0.4) is 0 Å². The number of hydrogen-bond acceptors (Lipinski definition) is 9. The third kappa shape index (κ3) is 7.25. The van der Waals surface area contributed by atoms with Crippen molar-refractivity contribution < 1.29 is 18.6 Å². The van der Waals surface area contributed by atoms with Crippen molar-refractivity contribution in [3.8, 4) is 22.8 Å². The number of nitrogens with zero attached hydrogens (tertiary/aromatic N) is 8. The summed E-state index contributed by atoms with van der Waals surface area (Å²) in [5.74, 6) is 1.95. The molecule has 0 amide bonds. The van der Waals surface area contributed by atoms with Crippen molar-refractivity contribution in [2.75, 3.05) is 50.2 Å². The van der Waals surface area contributed by atoms with Gasteiger partial charge in [0.1, 0.15) is 34.2 Å².